The van der Waals surface area contributed by atoms with Crippen LogP contribution in [0, 0.1) is 0 Å². The summed E-state index contributed by atoms with van der Waals surface area (Å²) in [6, 6.07) is 18.1. The molecule has 2 heterocycles. The van der Waals surface area contributed by atoms with Gasteiger partial charge in [-0.2, -0.15) is 0 Å². The number of benzene rings is 2. The van der Waals surface area contributed by atoms with Gasteiger partial charge in [-0.1, -0.05) is 68.4 Å². The summed E-state index contributed by atoms with van der Waals surface area (Å²) in [5.41, 5.74) is 2.34. The van der Waals surface area contributed by atoms with E-state index in [-0.39, 0.29) is 24.8 Å². The van der Waals surface area contributed by atoms with Crippen molar-refractivity contribution >= 4 is 6.09 Å². The van der Waals surface area contributed by atoms with Gasteiger partial charge in [0.05, 0.1) is 5.60 Å². The number of hydrogen-bond acceptors (Lipinski definition) is 3. The third kappa shape index (κ3) is 4.04. The molecule has 29 heavy (non-hydrogen) atoms. The van der Waals surface area contributed by atoms with Crippen molar-refractivity contribution in [2.75, 3.05) is 0 Å². The molecule has 0 aromatic heterocycles. The number of amides is 1. The normalized spacial score (nSPS) is 26.4. The summed E-state index contributed by atoms with van der Waals surface area (Å²) in [5.74, 6) is 0.351. The summed E-state index contributed by atoms with van der Waals surface area (Å²) in [6.45, 7) is 4.62. The van der Waals surface area contributed by atoms with E-state index in [2.05, 4.69) is 26.0 Å². The topological polar surface area (TPSA) is 49.8 Å². The average molecular weight is 394 g/mol. The van der Waals surface area contributed by atoms with Crippen LogP contribution in [0.25, 0.3) is 0 Å². The van der Waals surface area contributed by atoms with E-state index < -0.39 is 5.60 Å². The first-order chi connectivity index (χ1) is 14.0. The van der Waals surface area contributed by atoms with Gasteiger partial charge < -0.3 is 14.7 Å². The van der Waals surface area contributed by atoms with Crippen LogP contribution in [0.2, 0.25) is 0 Å². The smallest absolute Gasteiger partial charge is 0.410 e. The first kappa shape index (κ1) is 20.0. The van der Waals surface area contributed by atoms with Crippen LogP contribution in [-0.2, 0) is 16.9 Å². The van der Waals surface area contributed by atoms with Gasteiger partial charge in [0.15, 0.2) is 0 Å². The lowest BCUT2D eigenvalue weighted by molar-refractivity contribution is -0.0901. The largest absolute Gasteiger partial charge is 0.445 e. The van der Waals surface area contributed by atoms with Crippen molar-refractivity contribution in [2.24, 2.45) is 0 Å². The lowest BCUT2D eigenvalue weighted by Crippen LogP contribution is -2.59. The van der Waals surface area contributed by atoms with E-state index in [0.29, 0.717) is 18.8 Å². The van der Waals surface area contributed by atoms with E-state index in [9.17, 15) is 9.90 Å². The molecule has 0 saturated carbocycles. The fourth-order valence-electron chi connectivity index (χ4n) is 5.17. The molecule has 4 rings (SSSR count). The summed E-state index contributed by atoms with van der Waals surface area (Å²) in [5, 5.41) is 11.7. The Kier molecular flexibility index (Phi) is 5.64. The molecule has 2 aromatic carbocycles. The summed E-state index contributed by atoms with van der Waals surface area (Å²) in [6.07, 6.45) is 3.84. The zero-order valence-electron chi connectivity index (χ0n) is 17.4. The number of hydrogen-bond donors (Lipinski definition) is 1. The lowest BCUT2D eigenvalue weighted by atomic mass is 9.71. The highest BCUT2D eigenvalue weighted by atomic mass is 16.6. The van der Waals surface area contributed by atoms with Gasteiger partial charge in [-0.15, -0.1) is 0 Å². The van der Waals surface area contributed by atoms with Gasteiger partial charge in [-0.25, -0.2) is 4.79 Å². The molecule has 0 radical (unpaired) electrons. The Bertz CT molecular complexity index is 834. The molecule has 2 aliphatic rings. The van der Waals surface area contributed by atoms with E-state index in [1.165, 1.54) is 5.56 Å². The van der Waals surface area contributed by atoms with Crippen LogP contribution in [0.15, 0.2) is 54.6 Å². The van der Waals surface area contributed by atoms with Gasteiger partial charge >= 0.3 is 6.09 Å². The van der Waals surface area contributed by atoms with Gasteiger partial charge in [0, 0.05) is 24.9 Å². The Morgan fingerprint density at radius 1 is 1.07 bits per heavy atom. The molecule has 154 valence electrons. The maximum absolute atomic E-state index is 12.9. The van der Waals surface area contributed by atoms with Crippen LogP contribution in [0.5, 0.6) is 0 Å². The van der Waals surface area contributed by atoms with Gasteiger partial charge in [-0.3, -0.25) is 0 Å². The fourth-order valence-corrected chi connectivity index (χ4v) is 5.17. The van der Waals surface area contributed by atoms with Crippen molar-refractivity contribution in [3.05, 3.63) is 71.3 Å². The van der Waals surface area contributed by atoms with Crippen LogP contribution in [-0.4, -0.2) is 28.2 Å². The Labute approximate surface area is 173 Å². The Morgan fingerprint density at radius 3 is 2.34 bits per heavy atom. The van der Waals surface area contributed by atoms with Crippen LogP contribution in [0.4, 0.5) is 4.79 Å². The molecule has 2 aromatic rings. The molecule has 1 N–H and O–H groups in total. The van der Waals surface area contributed by atoms with E-state index >= 15 is 0 Å². The summed E-state index contributed by atoms with van der Waals surface area (Å²) >= 11 is 0. The minimum atomic E-state index is -0.882. The van der Waals surface area contributed by atoms with Crippen molar-refractivity contribution in [3.63, 3.8) is 0 Å². The van der Waals surface area contributed by atoms with Crippen molar-refractivity contribution in [1.82, 2.24) is 4.90 Å². The van der Waals surface area contributed by atoms with Gasteiger partial charge in [0.25, 0.3) is 0 Å². The first-order valence-electron chi connectivity index (χ1n) is 10.8. The maximum Gasteiger partial charge on any atom is 0.410 e. The maximum atomic E-state index is 12.9. The number of ether oxygens (including phenoxy) is 1. The quantitative estimate of drug-likeness (QED) is 0.762. The number of nitrogens with zero attached hydrogens (tertiary/aromatic N) is 1. The van der Waals surface area contributed by atoms with Crippen molar-refractivity contribution < 1.29 is 14.6 Å². The van der Waals surface area contributed by atoms with Crippen LogP contribution < -0.4 is 0 Å². The molecule has 1 amide bonds. The van der Waals surface area contributed by atoms with Crippen molar-refractivity contribution in [2.45, 2.75) is 76.2 Å². The van der Waals surface area contributed by atoms with Crippen molar-refractivity contribution in [1.29, 1.82) is 0 Å². The number of fused-ring (bicyclic) bond motifs is 2. The van der Waals surface area contributed by atoms with E-state index in [1.807, 2.05) is 47.4 Å². The predicted molar refractivity (Wildman–Crippen MR) is 114 cm³/mol. The summed E-state index contributed by atoms with van der Waals surface area (Å²) in [7, 11) is 0. The number of aliphatic hydroxyl groups is 1. The van der Waals surface area contributed by atoms with Crippen LogP contribution >= 0.6 is 0 Å². The standard InChI is InChI=1S/C25H31NO3/c1-18(2)22-13-6-7-14-23(22)25(28)15-20-11-8-12-21(16-25)26(20)24(27)29-17-19-9-4-3-5-10-19/h3-7,9-10,13-14,18,20-21,28H,8,11-12,15-17H2,1-2H3. The van der Waals surface area contributed by atoms with E-state index in [1.54, 1.807) is 0 Å². The lowest BCUT2D eigenvalue weighted by Gasteiger charge is -2.51. The molecule has 2 bridgehead atoms. The predicted octanol–water partition coefficient (Wildman–Crippen LogP) is 5.35. The molecule has 0 spiro atoms. The second-order valence-electron chi connectivity index (χ2n) is 8.87. The monoisotopic (exact) mass is 393 g/mol. The van der Waals surface area contributed by atoms with Gasteiger partial charge in [0.2, 0.25) is 0 Å². The molecule has 4 nitrogen and oxygen atoms in total. The molecular weight excluding hydrogens is 362 g/mol. The molecule has 0 aliphatic carbocycles. The molecule has 2 atom stereocenters. The third-order valence-corrected chi connectivity index (χ3v) is 6.51. The van der Waals surface area contributed by atoms with Gasteiger partial charge in [0.1, 0.15) is 6.61 Å². The second-order valence-corrected chi connectivity index (χ2v) is 8.87. The number of carbonyl (C=O) groups excluding carboxylic acids is 1. The summed E-state index contributed by atoms with van der Waals surface area (Å²) in [4.78, 5) is 14.8. The molecule has 2 saturated heterocycles. The first-order valence-corrected chi connectivity index (χ1v) is 10.8. The highest BCUT2D eigenvalue weighted by Crippen LogP contribution is 2.46. The number of piperidine rings is 2. The molecule has 2 unspecified atom stereocenters. The summed E-state index contributed by atoms with van der Waals surface area (Å²) < 4.78 is 5.65. The number of rotatable bonds is 4. The third-order valence-electron chi connectivity index (χ3n) is 6.51. The number of carbonyl (C=O) groups is 1. The second kappa shape index (κ2) is 8.19. The highest BCUT2D eigenvalue weighted by molar-refractivity contribution is 5.69. The minimum Gasteiger partial charge on any atom is -0.445 e. The Balaban J connectivity index is 1.53. The minimum absolute atomic E-state index is 0.0241. The molecule has 4 heteroatoms. The van der Waals surface area contributed by atoms with Gasteiger partial charge in [-0.05, 0) is 41.9 Å². The average Bonchev–Trinajstić information content (AvgIpc) is 2.72. The highest BCUT2D eigenvalue weighted by Gasteiger charge is 2.49. The molecular formula is C25H31NO3. The van der Waals surface area contributed by atoms with E-state index in [4.69, 9.17) is 4.74 Å². The van der Waals surface area contributed by atoms with Crippen LogP contribution in [0.1, 0.15) is 68.6 Å². The SMILES string of the molecule is CC(C)c1ccccc1C1(O)CC2CCCC(C1)N2C(=O)OCc1ccccc1. The zero-order valence-corrected chi connectivity index (χ0v) is 17.4. The Hall–Kier alpha value is -2.33. The molecule has 2 fully saturated rings. The van der Waals surface area contributed by atoms with Crippen molar-refractivity contribution in [3.8, 4) is 0 Å². The fraction of sp³-hybridized carbons (Fsp3) is 0.480. The Morgan fingerprint density at radius 2 is 1.69 bits per heavy atom. The van der Waals surface area contributed by atoms with Crippen LogP contribution in [0.3, 0.4) is 0 Å². The zero-order chi connectivity index (χ0) is 20.4. The molecule has 2 aliphatic heterocycles. The van der Waals surface area contributed by atoms with E-state index in [0.717, 1.165) is 30.4 Å².